The van der Waals surface area contributed by atoms with Crippen molar-refractivity contribution in [1.29, 1.82) is 0 Å². The molecule has 5 nitrogen and oxygen atoms in total. The molecule has 1 N–H and O–H groups in total. The number of ether oxygens (including phenoxy) is 4. The van der Waals surface area contributed by atoms with Gasteiger partial charge < -0.3 is 18.9 Å². The van der Waals surface area contributed by atoms with Gasteiger partial charge in [0.05, 0.1) is 46.2 Å². The van der Waals surface area contributed by atoms with Gasteiger partial charge in [0.25, 0.3) is 0 Å². The van der Waals surface area contributed by atoms with Crippen LogP contribution in [0.4, 0.5) is 0 Å². The van der Waals surface area contributed by atoms with E-state index in [1.54, 1.807) is 11.9 Å². The van der Waals surface area contributed by atoms with Gasteiger partial charge in [0.1, 0.15) is 0 Å². The molecule has 0 saturated heterocycles. The first kappa shape index (κ1) is 20.1. The van der Waals surface area contributed by atoms with Crippen LogP contribution in [0, 0.1) is 5.92 Å². The lowest BCUT2D eigenvalue weighted by Gasteiger charge is -2.08. The van der Waals surface area contributed by atoms with Gasteiger partial charge in [-0.2, -0.15) is 0 Å². The summed E-state index contributed by atoms with van der Waals surface area (Å²) in [6.45, 7) is 10.6. The predicted molar refractivity (Wildman–Crippen MR) is 84.2 cm³/mol. The van der Waals surface area contributed by atoms with Crippen LogP contribution in [0.25, 0.3) is 0 Å². The quantitative estimate of drug-likeness (QED) is 0.347. The minimum atomic E-state index is 0.610. The zero-order chi connectivity index (χ0) is 14.9. The van der Waals surface area contributed by atoms with Crippen molar-refractivity contribution in [2.24, 2.45) is 5.92 Å². The van der Waals surface area contributed by atoms with Gasteiger partial charge in [0.15, 0.2) is 0 Å². The Labute approximate surface area is 128 Å². The summed E-state index contributed by atoms with van der Waals surface area (Å²) < 4.78 is 24.7. The smallest absolute Gasteiger partial charge is 0.0701 e. The molecule has 0 saturated carbocycles. The van der Waals surface area contributed by atoms with Crippen molar-refractivity contribution in [3.8, 4) is 0 Å². The van der Waals surface area contributed by atoms with Crippen LogP contribution >= 0.6 is 11.9 Å². The molecule has 0 unspecified atom stereocenters. The summed E-state index contributed by atoms with van der Waals surface area (Å²) in [7, 11) is 0. The van der Waals surface area contributed by atoms with E-state index in [4.69, 9.17) is 18.9 Å². The summed E-state index contributed by atoms with van der Waals surface area (Å²) >= 11 is 1.60. The average molecular weight is 309 g/mol. The highest BCUT2D eigenvalue weighted by molar-refractivity contribution is 7.96. The van der Waals surface area contributed by atoms with E-state index in [-0.39, 0.29) is 0 Å². The van der Waals surface area contributed by atoms with E-state index in [0.717, 1.165) is 19.6 Å². The maximum Gasteiger partial charge on any atom is 0.0701 e. The third kappa shape index (κ3) is 18.1. The van der Waals surface area contributed by atoms with Crippen molar-refractivity contribution in [2.45, 2.75) is 20.3 Å². The molecule has 0 radical (unpaired) electrons. The minimum Gasteiger partial charge on any atom is -0.379 e. The number of rotatable bonds is 16. The zero-order valence-corrected chi connectivity index (χ0v) is 14.0. The van der Waals surface area contributed by atoms with Gasteiger partial charge >= 0.3 is 0 Å². The maximum atomic E-state index is 5.44. The molecule has 0 aliphatic heterocycles. The first-order valence-electron chi connectivity index (χ1n) is 7.34. The highest BCUT2D eigenvalue weighted by Crippen LogP contribution is 1.98. The fraction of sp³-hybridized carbons (Fsp3) is 1.00. The fourth-order valence-corrected chi connectivity index (χ4v) is 1.58. The summed E-state index contributed by atoms with van der Waals surface area (Å²) in [5.41, 5.74) is 0. The van der Waals surface area contributed by atoms with Crippen LogP contribution in [0.3, 0.4) is 0 Å². The van der Waals surface area contributed by atoms with Crippen LogP contribution in [0.5, 0.6) is 0 Å². The van der Waals surface area contributed by atoms with E-state index >= 15 is 0 Å². The normalized spacial score (nSPS) is 11.4. The van der Waals surface area contributed by atoms with E-state index in [2.05, 4.69) is 18.6 Å². The van der Waals surface area contributed by atoms with Gasteiger partial charge in [0, 0.05) is 13.2 Å². The number of hydrogen-bond donors (Lipinski definition) is 1. The third-order valence-corrected chi connectivity index (χ3v) is 2.94. The first-order valence-corrected chi connectivity index (χ1v) is 8.56. The van der Waals surface area contributed by atoms with Gasteiger partial charge in [-0.1, -0.05) is 25.8 Å². The van der Waals surface area contributed by atoms with E-state index in [1.807, 2.05) is 6.26 Å². The second-order valence-electron chi connectivity index (χ2n) is 4.73. The van der Waals surface area contributed by atoms with Crippen molar-refractivity contribution in [3.05, 3.63) is 0 Å². The average Bonchev–Trinajstić information content (AvgIpc) is 2.43. The Hall–Kier alpha value is 0.150. The highest BCUT2D eigenvalue weighted by atomic mass is 32.2. The van der Waals surface area contributed by atoms with Crippen molar-refractivity contribution in [3.63, 3.8) is 0 Å². The highest BCUT2D eigenvalue weighted by Gasteiger charge is 1.95. The molecule has 6 heteroatoms. The molecule has 122 valence electrons. The Balaban J connectivity index is 2.92. The Kier molecular flexibility index (Phi) is 17.3. The summed E-state index contributed by atoms with van der Waals surface area (Å²) in [5.74, 6) is 0.697. The van der Waals surface area contributed by atoms with Crippen molar-refractivity contribution < 1.29 is 18.9 Å². The van der Waals surface area contributed by atoms with Crippen LogP contribution < -0.4 is 4.72 Å². The monoisotopic (exact) mass is 309 g/mol. The summed E-state index contributed by atoms with van der Waals surface area (Å²) in [6.07, 6.45) is 3.11. The third-order valence-electron chi connectivity index (χ3n) is 2.45. The van der Waals surface area contributed by atoms with Crippen LogP contribution in [-0.2, 0) is 18.9 Å². The van der Waals surface area contributed by atoms with E-state index in [0.29, 0.717) is 52.2 Å². The second kappa shape index (κ2) is 17.2. The first-order chi connectivity index (χ1) is 9.77. The molecule has 0 aromatic carbocycles. The number of nitrogens with one attached hydrogen (secondary N) is 1. The lowest BCUT2D eigenvalue weighted by molar-refractivity contribution is -0.00209. The van der Waals surface area contributed by atoms with Gasteiger partial charge in [-0.25, -0.2) is 0 Å². The molecule has 0 rings (SSSR count). The lowest BCUT2D eigenvalue weighted by Crippen LogP contribution is -2.15. The van der Waals surface area contributed by atoms with Gasteiger partial charge in [-0.05, 0) is 18.6 Å². The predicted octanol–water partition coefficient (Wildman–Crippen LogP) is 1.97. The van der Waals surface area contributed by atoms with E-state index in [9.17, 15) is 0 Å². The van der Waals surface area contributed by atoms with E-state index in [1.165, 1.54) is 0 Å². The molecule has 0 aromatic rings. The number of hydrogen-bond acceptors (Lipinski definition) is 6. The topological polar surface area (TPSA) is 49.0 Å². The zero-order valence-electron chi connectivity index (χ0n) is 13.2. The van der Waals surface area contributed by atoms with Gasteiger partial charge in [-0.3, -0.25) is 4.72 Å². The molecule has 0 spiro atoms. The Morgan fingerprint density at radius 3 is 1.65 bits per heavy atom. The Morgan fingerprint density at radius 2 is 1.20 bits per heavy atom. The molecule has 0 aliphatic carbocycles. The van der Waals surface area contributed by atoms with Gasteiger partial charge in [-0.15, -0.1) is 0 Å². The van der Waals surface area contributed by atoms with Gasteiger partial charge in [0.2, 0.25) is 0 Å². The van der Waals surface area contributed by atoms with Crippen molar-refractivity contribution >= 4 is 11.9 Å². The molecule has 0 aromatic heterocycles. The summed E-state index contributed by atoms with van der Waals surface area (Å²) in [4.78, 5) is 0. The molecule has 20 heavy (non-hydrogen) atoms. The molecule has 0 bridgehead atoms. The fourth-order valence-electron chi connectivity index (χ4n) is 1.30. The summed E-state index contributed by atoms with van der Waals surface area (Å²) in [5, 5.41) is 0. The molecular weight excluding hydrogens is 278 g/mol. The minimum absolute atomic E-state index is 0.610. The van der Waals surface area contributed by atoms with E-state index < -0.39 is 0 Å². The van der Waals surface area contributed by atoms with Crippen molar-refractivity contribution in [2.75, 3.05) is 65.7 Å². The molecule has 0 fully saturated rings. The van der Waals surface area contributed by atoms with Crippen LogP contribution in [-0.4, -0.2) is 65.7 Å². The SMILES string of the molecule is CSNCCOCCOCCOCCOCCC(C)C. The van der Waals surface area contributed by atoms with Crippen molar-refractivity contribution in [1.82, 2.24) is 4.72 Å². The largest absolute Gasteiger partial charge is 0.379 e. The molecule has 0 aliphatic rings. The molecule has 0 heterocycles. The van der Waals surface area contributed by atoms with Crippen LogP contribution in [0.15, 0.2) is 0 Å². The Morgan fingerprint density at radius 1 is 0.750 bits per heavy atom. The molecular formula is C14H31NO4S. The Bertz CT molecular complexity index is 185. The lowest BCUT2D eigenvalue weighted by atomic mass is 10.1. The maximum absolute atomic E-state index is 5.44. The van der Waals surface area contributed by atoms with Crippen LogP contribution in [0.1, 0.15) is 20.3 Å². The van der Waals surface area contributed by atoms with Crippen LogP contribution in [0.2, 0.25) is 0 Å². The summed E-state index contributed by atoms with van der Waals surface area (Å²) in [6, 6.07) is 0. The standard InChI is InChI=1S/C14H31NO4S/c1-14(2)4-6-16-8-10-18-12-13-19-11-9-17-7-5-15-20-3/h14-15H,4-13H2,1-3H3. The second-order valence-corrected chi connectivity index (χ2v) is 5.43. The molecule has 0 atom stereocenters. The molecule has 0 amide bonds.